The molecule has 0 bridgehead atoms. The van der Waals surface area contributed by atoms with Gasteiger partial charge in [-0.2, -0.15) is 9.97 Å². The van der Waals surface area contributed by atoms with E-state index in [0.29, 0.717) is 43.5 Å². The van der Waals surface area contributed by atoms with E-state index in [-0.39, 0.29) is 36.7 Å². The van der Waals surface area contributed by atoms with E-state index in [1.54, 1.807) is 16.5 Å². The van der Waals surface area contributed by atoms with Crippen molar-refractivity contribution >= 4 is 17.0 Å². The van der Waals surface area contributed by atoms with Crippen molar-refractivity contribution in [1.29, 1.82) is 0 Å². The zero-order valence-electron chi connectivity index (χ0n) is 32.3. The molecule has 288 valence electrons. The van der Waals surface area contributed by atoms with Gasteiger partial charge in [0.1, 0.15) is 5.60 Å². The summed E-state index contributed by atoms with van der Waals surface area (Å²) in [6.07, 6.45) is 8.70. The van der Waals surface area contributed by atoms with Gasteiger partial charge in [0.2, 0.25) is 0 Å². The fourth-order valence-corrected chi connectivity index (χ4v) is 7.42. The fourth-order valence-electron chi connectivity index (χ4n) is 7.42. The largest absolute Gasteiger partial charge is 0.463 e. The number of carbonyl (C=O) groups is 1. The highest BCUT2D eigenvalue weighted by atomic mass is 16.7. The molecule has 2 aliphatic heterocycles. The van der Waals surface area contributed by atoms with Crippen LogP contribution in [-0.4, -0.2) is 76.4 Å². The first-order valence-electron chi connectivity index (χ1n) is 19.5. The number of hydrogen-bond donors (Lipinski definition) is 0. The van der Waals surface area contributed by atoms with Crippen molar-refractivity contribution in [2.75, 3.05) is 32.9 Å². The van der Waals surface area contributed by atoms with Crippen LogP contribution in [0.1, 0.15) is 89.0 Å². The number of nitrogens with zero attached hydrogens (tertiary/aromatic N) is 4. The Morgan fingerprint density at radius 2 is 1.72 bits per heavy atom. The Bertz CT molecular complexity index is 1950. The molecule has 2 atom stereocenters. The van der Waals surface area contributed by atoms with Crippen molar-refractivity contribution in [1.82, 2.24) is 19.4 Å². The summed E-state index contributed by atoms with van der Waals surface area (Å²) in [5, 5.41) is 0.818. The van der Waals surface area contributed by atoms with E-state index >= 15 is 0 Å². The minimum Gasteiger partial charge on any atom is -0.463 e. The van der Waals surface area contributed by atoms with Crippen molar-refractivity contribution in [3.63, 3.8) is 0 Å². The molecule has 11 nitrogen and oxygen atoms in total. The number of carbonyl (C=O) groups excluding carboxylic acids is 1. The third-order valence-electron chi connectivity index (χ3n) is 10.5. The number of pyridine rings is 1. The Balaban J connectivity index is 1.23. The average Bonchev–Trinajstić information content (AvgIpc) is 3.99. The standard InChI is InChI=1S/C43H54N4O7/c1-29-25-32(27-46(5)39(29)48)31-14-17-36-35(26-31)38(45-40(44-36)51-24-20-30-18-21-47(22-19-30)41(49)54-42(2,3)4)43(53-34-15-16-34,33-11-7-6-8-12-33)28-52-37-13-9-10-23-50-37/h6-8,11-12,14,17,25-27,30,34,37H,9-10,13,15-16,18-24,28H2,1-5H3. The molecular weight excluding hydrogens is 684 g/mol. The summed E-state index contributed by atoms with van der Waals surface area (Å²) in [5.41, 5.74) is 3.21. The van der Waals surface area contributed by atoms with Crippen LogP contribution >= 0.6 is 0 Å². The Morgan fingerprint density at radius 3 is 2.41 bits per heavy atom. The topological polar surface area (TPSA) is 114 Å². The highest BCUT2D eigenvalue weighted by molar-refractivity contribution is 5.87. The summed E-state index contributed by atoms with van der Waals surface area (Å²) >= 11 is 0. The van der Waals surface area contributed by atoms with Crippen LogP contribution < -0.4 is 10.3 Å². The molecule has 54 heavy (non-hydrogen) atoms. The molecule has 0 N–H and O–H groups in total. The minimum absolute atomic E-state index is 0.0260. The van der Waals surface area contributed by atoms with Gasteiger partial charge in [0.25, 0.3) is 5.56 Å². The van der Waals surface area contributed by atoms with Gasteiger partial charge in [-0.1, -0.05) is 36.4 Å². The van der Waals surface area contributed by atoms with Gasteiger partial charge in [-0.15, -0.1) is 0 Å². The molecule has 3 fully saturated rings. The maximum atomic E-state index is 12.6. The molecule has 4 heterocycles. The van der Waals surface area contributed by atoms with E-state index in [2.05, 4.69) is 18.2 Å². The maximum absolute atomic E-state index is 12.6. The zero-order chi connectivity index (χ0) is 37.9. The van der Waals surface area contributed by atoms with Crippen LogP contribution in [0.2, 0.25) is 0 Å². The lowest BCUT2D eigenvalue weighted by Crippen LogP contribution is -2.42. The first-order chi connectivity index (χ1) is 26.0. The van der Waals surface area contributed by atoms with Crippen LogP contribution in [0.25, 0.3) is 22.0 Å². The quantitative estimate of drug-likeness (QED) is 0.144. The SMILES string of the molecule is Cc1cc(-c2ccc3nc(OCCC4CCN(C(=O)OC(C)(C)C)CC4)nc(C(COC4CCCCO4)(OC4CC4)c4ccccc4)c3c2)cn(C)c1=O. The van der Waals surface area contributed by atoms with Crippen LogP contribution in [0.5, 0.6) is 6.01 Å². The van der Waals surface area contributed by atoms with Gasteiger partial charge in [-0.25, -0.2) is 4.79 Å². The van der Waals surface area contributed by atoms with Gasteiger partial charge < -0.3 is 33.2 Å². The number of aromatic nitrogens is 3. The molecule has 4 aromatic rings. The summed E-state index contributed by atoms with van der Waals surface area (Å²) in [7, 11) is 1.77. The lowest BCUT2D eigenvalue weighted by atomic mass is 9.87. The number of amides is 1. The van der Waals surface area contributed by atoms with Crippen LogP contribution in [0.3, 0.4) is 0 Å². The van der Waals surface area contributed by atoms with Crippen molar-refractivity contribution in [2.24, 2.45) is 13.0 Å². The first-order valence-corrected chi connectivity index (χ1v) is 19.5. The van der Waals surface area contributed by atoms with Crippen molar-refractivity contribution in [2.45, 2.75) is 103 Å². The maximum Gasteiger partial charge on any atom is 0.410 e. The highest BCUT2D eigenvalue weighted by Crippen LogP contribution is 2.44. The van der Waals surface area contributed by atoms with Gasteiger partial charge in [0.15, 0.2) is 11.9 Å². The Labute approximate surface area is 317 Å². The normalized spacial score (nSPS) is 19.4. The monoisotopic (exact) mass is 738 g/mol. The Kier molecular flexibility index (Phi) is 11.4. The van der Waals surface area contributed by atoms with Crippen LogP contribution in [-0.2, 0) is 31.6 Å². The number of hydrogen-bond acceptors (Lipinski definition) is 9. The number of aryl methyl sites for hydroxylation is 2. The first kappa shape index (κ1) is 38.0. The van der Waals surface area contributed by atoms with Gasteiger partial charge in [-0.3, -0.25) is 4.79 Å². The van der Waals surface area contributed by atoms with Crippen LogP contribution in [0, 0.1) is 12.8 Å². The third-order valence-corrected chi connectivity index (χ3v) is 10.5. The molecule has 2 aromatic heterocycles. The second-order valence-corrected chi connectivity index (χ2v) is 16.1. The summed E-state index contributed by atoms with van der Waals surface area (Å²) in [6, 6.07) is 18.5. The van der Waals surface area contributed by atoms with E-state index in [9.17, 15) is 9.59 Å². The summed E-state index contributed by atoms with van der Waals surface area (Å²) in [5.74, 6) is 0.405. The Morgan fingerprint density at radius 1 is 0.944 bits per heavy atom. The molecule has 3 aliphatic rings. The Hall–Kier alpha value is -4.32. The number of likely N-dealkylation sites (tertiary alicyclic amines) is 1. The van der Waals surface area contributed by atoms with E-state index in [0.717, 1.165) is 79.0 Å². The van der Waals surface area contributed by atoms with E-state index in [1.165, 1.54) is 0 Å². The van der Waals surface area contributed by atoms with Gasteiger partial charge in [0, 0.05) is 43.9 Å². The molecule has 2 unspecified atom stereocenters. The molecule has 11 heteroatoms. The van der Waals surface area contributed by atoms with Crippen LogP contribution in [0.4, 0.5) is 4.79 Å². The number of piperidine rings is 1. The summed E-state index contributed by atoms with van der Waals surface area (Å²) < 4.78 is 33.4. The van der Waals surface area contributed by atoms with Crippen LogP contribution in [0.15, 0.2) is 65.6 Å². The second kappa shape index (κ2) is 16.2. The third kappa shape index (κ3) is 8.96. The predicted octanol–water partition coefficient (Wildman–Crippen LogP) is 7.69. The molecule has 1 aliphatic carbocycles. The average molecular weight is 739 g/mol. The minimum atomic E-state index is -1.09. The number of rotatable bonds is 12. The van der Waals surface area contributed by atoms with Gasteiger partial charge >= 0.3 is 12.1 Å². The molecule has 0 spiro atoms. The molecular formula is C43H54N4O7. The smallest absolute Gasteiger partial charge is 0.410 e. The lowest BCUT2D eigenvalue weighted by molar-refractivity contribution is -0.197. The van der Waals surface area contributed by atoms with Crippen molar-refractivity contribution in [3.05, 3.63) is 88.0 Å². The van der Waals surface area contributed by atoms with E-state index in [4.69, 9.17) is 33.7 Å². The lowest BCUT2D eigenvalue weighted by Gasteiger charge is -2.36. The molecule has 1 saturated carbocycles. The number of fused-ring (bicyclic) bond motifs is 1. The molecule has 7 rings (SSSR count). The highest BCUT2D eigenvalue weighted by Gasteiger charge is 2.45. The predicted molar refractivity (Wildman–Crippen MR) is 206 cm³/mol. The van der Waals surface area contributed by atoms with Crippen molar-refractivity contribution in [3.8, 4) is 17.1 Å². The molecule has 0 radical (unpaired) electrons. The van der Waals surface area contributed by atoms with Gasteiger partial charge in [-0.05, 0) is 120 Å². The summed E-state index contributed by atoms with van der Waals surface area (Å²) in [6.45, 7) is 10.1. The second-order valence-electron chi connectivity index (χ2n) is 16.1. The summed E-state index contributed by atoms with van der Waals surface area (Å²) in [4.78, 5) is 37.2. The number of ether oxygens (including phenoxy) is 5. The van der Waals surface area contributed by atoms with Crippen molar-refractivity contribution < 1.29 is 28.5 Å². The molecule has 2 aromatic carbocycles. The van der Waals surface area contributed by atoms with E-state index < -0.39 is 11.2 Å². The molecule has 2 saturated heterocycles. The molecule has 1 amide bonds. The zero-order valence-corrected chi connectivity index (χ0v) is 32.3. The number of benzene rings is 2. The van der Waals surface area contributed by atoms with E-state index in [1.807, 2.05) is 70.3 Å². The fraction of sp³-hybridized carbons (Fsp3) is 0.535. The van der Waals surface area contributed by atoms with Gasteiger partial charge in [0.05, 0.1) is 30.5 Å².